The molecule has 1 aliphatic heterocycles. The van der Waals surface area contributed by atoms with Crippen molar-refractivity contribution in [2.24, 2.45) is 0 Å². The van der Waals surface area contributed by atoms with Crippen LogP contribution in [0.5, 0.6) is 11.5 Å². The first-order chi connectivity index (χ1) is 16.0. The molecule has 3 aromatic carbocycles. The number of methoxy groups -OCH3 is 2. The van der Waals surface area contributed by atoms with Gasteiger partial charge in [-0.05, 0) is 66.7 Å². The van der Waals surface area contributed by atoms with E-state index in [1.165, 1.54) is 24.3 Å². The molecule has 0 spiro atoms. The van der Waals surface area contributed by atoms with Crippen LogP contribution >= 0.6 is 0 Å². The van der Waals surface area contributed by atoms with Crippen molar-refractivity contribution in [1.82, 2.24) is 10.7 Å². The van der Waals surface area contributed by atoms with Crippen molar-refractivity contribution in [2.75, 3.05) is 14.2 Å². The third-order valence-corrected chi connectivity index (χ3v) is 5.37. The molecule has 0 unspecified atom stereocenters. The van der Waals surface area contributed by atoms with E-state index >= 15 is 0 Å². The molecule has 1 saturated heterocycles. The van der Waals surface area contributed by atoms with E-state index in [1.807, 2.05) is 36.4 Å². The highest BCUT2D eigenvalue weighted by Crippen LogP contribution is 2.27. The average molecular weight is 448 g/mol. The largest absolute Gasteiger partial charge is 0.497 e. The summed E-state index contributed by atoms with van der Waals surface area (Å²) >= 11 is 0. The quantitative estimate of drug-likeness (QED) is 0.569. The number of ether oxygens (including phenoxy) is 2. The monoisotopic (exact) mass is 448 g/mol. The van der Waals surface area contributed by atoms with Crippen LogP contribution in [0.4, 0.5) is 4.39 Å². The lowest BCUT2D eigenvalue weighted by Crippen LogP contribution is -2.42. The fourth-order valence-electron chi connectivity index (χ4n) is 3.69. The van der Waals surface area contributed by atoms with Crippen molar-refractivity contribution in [1.29, 1.82) is 0 Å². The molecule has 2 N–H and O–H groups in total. The lowest BCUT2D eigenvalue weighted by molar-refractivity contribution is -0.596. The number of benzene rings is 3. The van der Waals surface area contributed by atoms with Gasteiger partial charge >= 0.3 is 5.91 Å². The number of carbonyl (C=O) groups excluding carboxylic acids is 2. The molecule has 2 atom stereocenters. The Bertz CT molecular complexity index is 1190. The Hall–Kier alpha value is -4.20. The van der Waals surface area contributed by atoms with Crippen LogP contribution in [0, 0.1) is 5.82 Å². The van der Waals surface area contributed by atoms with Gasteiger partial charge in [0.2, 0.25) is 12.3 Å². The summed E-state index contributed by atoms with van der Waals surface area (Å²) in [6, 6.07) is 18.4. The summed E-state index contributed by atoms with van der Waals surface area (Å²) in [6.07, 6.45) is 1.78. The van der Waals surface area contributed by atoms with E-state index < -0.39 is 23.8 Å². The molecule has 4 rings (SSSR count). The molecule has 0 bridgehead atoms. The highest BCUT2D eigenvalue weighted by Gasteiger charge is 2.47. The van der Waals surface area contributed by atoms with E-state index in [-0.39, 0.29) is 11.5 Å². The zero-order chi connectivity index (χ0) is 23.4. The summed E-state index contributed by atoms with van der Waals surface area (Å²) < 4.78 is 25.4. The van der Waals surface area contributed by atoms with Gasteiger partial charge < -0.3 is 14.8 Å². The highest BCUT2D eigenvalue weighted by molar-refractivity contribution is 5.98. The minimum absolute atomic E-state index is 0.257. The molecule has 1 fully saturated rings. The van der Waals surface area contributed by atoms with Crippen molar-refractivity contribution >= 4 is 18.0 Å². The van der Waals surface area contributed by atoms with Gasteiger partial charge in [-0.3, -0.25) is 9.59 Å². The topological polar surface area (TPSA) is 79.7 Å². The maximum atomic E-state index is 13.2. The Kier molecular flexibility index (Phi) is 6.35. The normalized spacial score (nSPS) is 18.6. The number of hydrogen-bond donors (Lipinski definition) is 2. The molecule has 0 radical (unpaired) electrons. The number of nitrogens with one attached hydrogen (secondary N) is 2. The SMILES string of the molecule is COc1ccc([C@H]2[C@H](NC(=O)c3ccc(F)cc3)C(=O)N/[N+]2=C\c2cccc(OC)c2)cc1. The molecule has 7 nitrogen and oxygen atoms in total. The fourth-order valence-corrected chi connectivity index (χ4v) is 3.69. The summed E-state index contributed by atoms with van der Waals surface area (Å²) in [5.41, 5.74) is 4.68. The zero-order valence-electron chi connectivity index (χ0n) is 18.1. The van der Waals surface area contributed by atoms with Gasteiger partial charge in [0.1, 0.15) is 17.3 Å². The van der Waals surface area contributed by atoms with Crippen molar-refractivity contribution in [2.45, 2.75) is 12.1 Å². The van der Waals surface area contributed by atoms with Gasteiger partial charge in [-0.1, -0.05) is 6.07 Å². The van der Waals surface area contributed by atoms with Crippen LogP contribution in [0.3, 0.4) is 0 Å². The van der Waals surface area contributed by atoms with E-state index in [2.05, 4.69) is 10.7 Å². The van der Waals surface area contributed by atoms with E-state index in [1.54, 1.807) is 37.3 Å². The summed E-state index contributed by atoms with van der Waals surface area (Å²) in [5.74, 6) is 0.0605. The van der Waals surface area contributed by atoms with E-state index in [4.69, 9.17) is 9.47 Å². The van der Waals surface area contributed by atoms with Crippen LogP contribution in [0.1, 0.15) is 27.5 Å². The maximum absolute atomic E-state index is 13.2. The number of halogens is 1. The second-order valence-corrected chi connectivity index (χ2v) is 7.47. The first kappa shape index (κ1) is 22.0. The van der Waals surface area contributed by atoms with Crippen molar-refractivity contribution in [3.63, 3.8) is 0 Å². The fraction of sp³-hybridized carbons (Fsp3) is 0.160. The summed E-state index contributed by atoms with van der Waals surface area (Å²) in [6.45, 7) is 0. The number of hydrazone groups is 1. The van der Waals surface area contributed by atoms with Crippen molar-refractivity contribution in [3.05, 3.63) is 95.3 Å². The minimum Gasteiger partial charge on any atom is -0.497 e. The van der Waals surface area contributed by atoms with Crippen LogP contribution in [-0.2, 0) is 4.79 Å². The Balaban J connectivity index is 1.70. The Morgan fingerprint density at radius 3 is 2.36 bits per heavy atom. The smallest absolute Gasteiger partial charge is 0.304 e. The second-order valence-electron chi connectivity index (χ2n) is 7.47. The molecule has 1 heterocycles. The molecule has 1 aliphatic rings. The number of rotatable bonds is 6. The third kappa shape index (κ3) is 4.85. The van der Waals surface area contributed by atoms with Gasteiger partial charge in [0.05, 0.1) is 14.2 Å². The highest BCUT2D eigenvalue weighted by atomic mass is 19.1. The summed E-state index contributed by atoms with van der Waals surface area (Å²) in [5, 5.41) is 2.79. The van der Waals surface area contributed by atoms with Crippen molar-refractivity contribution in [3.8, 4) is 11.5 Å². The van der Waals surface area contributed by atoms with Crippen LogP contribution in [0.25, 0.3) is 0 Å². The Morgan fingerprint density at radius 2 is 1.70 bits per heavy atom. The standard InChI is InChI=1S/C25H22FN3O4/c1-32-20-12-8-17(9-13-20)23-22(27-24(30)18-6-10-19(26)11-7-18)25(31)28-29(23)15-16-4-3-5-21(14-16)33-2/h3-15,22-23H,1-2H3,(H-,27,28,30,31)/p+1/b29-15-/t22-,23-/m0/s1. The second kappa shape index (κ2) is 9.52. The van der Waals surface area contributed by atoms with E-state index in [0.29, 0.717) is 11.5 Å². The first-order valence-corrected chi connectivity index (χ1v) is 10.3. The number of hydrazine groups is 1. The molecule has 168 valence electrons. The van der Waals surface area contributed by atoms with Gasteiger partial charge in [0.15, 0.2) is 6.04 Å². The third-order valence-electron chi connectivity index (χ3n) is 5.37. The van der Waals surface area contributed by atoms with Gasteiger partial charge in [-0.2, -0.15) is 0 Å². The molecular weight excluding hydrogens is 425 g/mol. The van der Waals surface area contributed by atoms with E-state index in [0.717, 1.165) is 11.1 Å². The van der Waals surface area contributed by atoms with E-state index in [9.17, 15) is 14.0 Å². The molecule has 0 aromatic heterocycles. The predicted molar refractivity (Wildman–Crippen MR) is 120 cm³/mol. The van der Waals surface area contributed by atoms with Gasteiger partial charge in [0.25, 0.3) is 5.91 Å². The Labute approximate surface area is 190 Å². The molecular formula is C25H23FN3O4+. The summed E-state index contributed by atoms with van der Waals surface area (Å²) in [7, 11) is 3.15. The number of nitrogens with zero attached hydrogens (tertiary/aromatic N) is 1. The molecule has 2 amide bonds. The molecule has 0 saturated carbocycles. The number of amides is 2. The maximum Gasteiger partial charge on any atom is 0.304 e. The van der Waals surface area contributed by atoms with Gasteiger partial charge in [0, 0.05) is 16.7 Å². The minimum atomic E-state index is -0.891. The molecule has 33 heavy (non-hydrogen) atoms. The Morgan fingerprint density at radius 1 is 1.00 bits per heavy atom. The van der Waals surface area contributed by atoms with Crippen molar-refractivity contribution < 1.29 is 28.1 Å². The number of carbonyl (C=O) groups is 2. The van der Waals surface area contributed by atoms with Crippen LogP contribution in [0.15, 0.2) is 72.8 Å². The zero-order valence-corrected chi connectivity index (χ0v) is 18.1. The van der Waals surface area contributed by atoms with Crippen LogP contribution < -0.4 is 20.2 Å². The molecule has 0 aliphatic carbocycles. The molecule has 8 heteroatoms. The van der Waals surface area contributed by atoms with Gasteiger partial charge in [-0.25, -0.2) is 4.39 Å². The van der Waals surface area contributed by atoms with Crippen LogP contribution in [0.2, 0.25) is 0 Å². The van der Waals surface area contributed by atoms with Gasteiger partial charge in [-0.15, -0.1) is 10.1 Å². The first-order valence-electron chi connectivity index (χ1n) is 10.3. The lowest BCUT2D eigenvalue weighted by Gasteiger charge is -2.15. The summed E-state index contributed by atoms with van der Waals surface area (Å²) in [4.78, 5) is 25.7. The number of hydrogen-bond acceptors (Lipinski definition) is 4. The lowest BCUT2D eigenvalue weighted by atomic mass is 9.99. The predicted octanol–water partition coefficient (Wildman–Crippen LogP) is 2.86. The average Bonchev–Trinajstić information content (AvgIpc) is 3.13. The van der Waals surface area contributed by atoms with Crippen LogP contribution in [-0.4, -0.2) is 43.0 Å². The molecule has 3 aromatic rings.